The van der Waals surface area contributed by atoms with Gasteiger partial charge >= 0.3 is 6.03 Å². The van der Waals surface area contributed by atoms with Crippen molar-refractivity contribution in [2.45, 2.75) is 6.04 Å². The highest BCUT2D eigenvalue weighted by molar-refractivity contribution is 5.89. The zero-order chi connectivity index (χ0) is 21.5. The fraction of sp³-hybridized carbons (Fsp3) is 0.409. The Balaban J connectivity index is 1.59. The van der Waals surface area contributed by atoms with Gasteiger partial charge in [0.25, 0.3) is 0 Å². The molecule has 0 saturated carbocycles. The number of halogens is 1. The molecule has 1 aliphatic rings. The van der Waals surface area contributed by atoms with E-state index in [1.807, 2.05) is 48.2 Å². The molecule has 1 heterocycles. The molecule has 2 N–H and O–H groups in total. The van der Waals surface area contributed by atoms with Crippen molar-refractivity contribution in [1.82, 2.24) is 10.2 Å². The van der Waals surface area contributed by atoms with Crippen LogP contribution in [0.1, 0.15) is 11.6 Å². The Morgan fingerprint density at radius 2 is 2.00 bits per heavy atom. The first-order valence-electron chi connectivity index (χ1n) is 9.95. The van der Waals surface area contributed by atoms with E-state index in [1.165, 1.54) is 6.07 Å². The van der Waals surface area contributed by atoms with E-state index in [-0.39, 0.29) is 17.9 Å². The topological polar surface area (TPSA) is 66.1 Å². The lowest BCUT2D eigenvalue weighted by molar-refractivity contribution is 0.122. The van der Waals surface area contributed by atoms with Crippen molar-refractivity contribution in [1.29, 1.82) is 0 Å². The summed E-state index contributed by atoms with van der Waals surface area (Å²) in [6.45, 7) is 2.87. The summed E-state index contributed by atoms with van der Waals surface area (Å²) in [6.07, 6.45) is 0. The number of urea groups is 1. The second-order valence-electron chi connectivity index (χ2n) is 7.36. The standard InChI is InChI=1S/C22H29FN4O3/c1-26(2)21(16-5-4-6-18(13-16)29-3)15-24-22(28)25-17-7-8-20(19(23)14-17)27-9-11-30-12-10-27/h4-8,13-14,21H,9-12,15H2,1-3H3,(H2,24,25,28). The highest BCUT2D eigenvalue weighted by Crippen LogP contribution is 2.24. The summed E-state index contributed by atoms with van der Waals surface area (Å²) in [4.78, 5) is 16.3. The van der Waals surface area contributed by atoms with Gasteiger partial charge in [0.2, 0.25) is 0 Å². The smallest absolute Gasteiger partial charge is 0.319 e. The first-order chi connectivity index (χ1) is 14.5. The van der Waals surface area contributed by atoms with Gasteiger partial charge in [-0.05, 0) is 50.0 Å². The third-order valence-electron chi connectivity index (χ3n) is 5.12. The lowest BCUT2D eigenvalue weighted by atomic mass is 10.1. The SMILES string of the molecule is COc1cccc(C(CNC(=O)Nc2ccc(N3CCOCC3)c(F)c2)N(C)C)c1. The van der Waals surface area contributed by atoms with Gasteiger partial charge in [-0.1, -0.05) is 12.1 Å². The number of methoxy groups -OCH3 is 1. The summed E-state index contributed by atoms with van der Waals surface area (Å²) in [5.74, 6) is 0.400. The molecule has 0 spiro atoms. The van der Waals surface area contributed by atoms with Crippen molar-refractivity contribution in [2.24, 2.45) is 0 Å². The van der Waals surface area contributed by atoms with Crippen molar-refractivity contribution in [3.8, 4) is 5.75 Å². The third kappa shape index (κ3) is 5.61. The number of hydrogen-bond acceptors (Lipinski definition) is 5. The molecule has 1 aliphatic heterocycles. The molecule has 1 unspecified atom stereocenters. The number of morpholine rings is 1. The van der Waals surface area contributed by atoms with Crippen LogP contribution >= 0.6 is 0 Å². The Bertz CT molecular complexity index is 856. The molecule has 2 aromatic carbocycles. The second kappa shape index (κ2) is 10.3. The summed E-state index contributed by atoms with van der Waals surface area (Å²) in [5, 5.41) is 5.57. The Hall–Kier alpha value is -2.84. The van der Waals surface area contributed by atoms with Crippen LogP contribution in [0.15, 0.2) is 42.5 Å². The lowest BCUT2D eigenvalue weighted by Crippen LogP contribution is -2.37. The van der Waals surface area contributed by atoms with E-state index >= 15 is 0 Å². The quantitative estimate of drug-likeness (QED) is 0.726. The zero-order valence-electron chi connectivity index (χ0n) is 17.7. The maximum Gasteiger partial charge on any atom is 0.319 e. The van der Waals surface area contributed by atoms with Gasteiger partial charge in [-0.25, -0.2) is 9.18 Å². The van der Waals surface area contributed by atoms with Gasteiger partial charge < -0.3 is 29.9 Å². The fourth-order valence-corrected chi connectivity index (χ4v) is 3.46. The molecule has 1 saturated heterocycles. The van der Waals surface area contributed by atoms with E-state index in [2.05, 4.69) is 10.6 Å². The number of amides is 2. The molecule has 0 aliphatic carbocycles. The van der Waals surface area contributed by atoms with Crippen molar-refractivity contribution in [3.05, 3.63) is 53.8 Å². The number of anilines is 2. The first-order valence-corrected chi connectivity index (χ1v) is 9.95. The van der Waals surface area contributed by atoms with Crippen molar-refractivity contribution in [2.75, 3.05) is 64.3 Å². The number of benzene rings is 2. The number of hydrogen-bond donors (Lipinski definition) is 2. The maximum absolute atomic E-state index is 14.5. The van der Waals surface area contributed by atoms with E-state index in [1.54, 1.807) is 19.2 Å². The molecule has 162 valence electrons. The van der Waals surface area contributed by atoms with E-state index in [4.69, 9.17) is 9.47 Å². The first kappa shape index (κ1) is 21.9. The van der Waals surface area contributed by atoms with Gasteiger partial charge in [0, 0.05) is 25.3 Å². The van der Waals surface area contributed by atoms with Crippen LogP contribution in [0.5, 0.6) is 5.75 Å². The van der Waals surface area contributed by atoms with Gasteiger partial charge in [-0.3, -0.25) is 0 Å². The Morgan fingerprint density at radius 3 is 2.67 bits per heavy atom. The van der Waals surface area contributed by atoms with Crippen LogP contribution in [-0.4, -0.2) is 65.0 Å². The number of nitrogens with one attached hydrogen (secondary N) is 2. The Labute approximate surface area is 176 Å². The second-order valence-corrected chi connectivity index (χ2v) is 7.36. The van der Waals surface area contributed by atoms with Crippen LogP contribution in [0.2, 0.25) is 0 Å². The largest absolute Gasteiger partial charge is 0.497 e. The molecule has 30 heavy (non-hydrogen) atoms. The molecule has 3 rings (SSSR count). The number of carbonyl (C=O) groups is 1. The predicted molar refractivity (Wildman–Crippen MR) is 116 cm³/mol. The number of carbonyl (C=O) groups excluding carboxylic acids is 1. The lowest BCUT2D eigenvalue weighted by Gasteiger charge is -2.29. The average Bonchev–Trinajstić information content (AvgIpc) is 2.74. The van der Waals surface area contributed by atoms with Crippen LogP contribution in [0.4, 0.5) is 20.6 Å². The summed E-state index contributed by atoms with van der Waals surface area (Å²) in [7, 11) is 5.52. The molecular weight excluding hydrogens is 387 g/mol. The molecule has 1 atom stereocenters. The molecule has 0 radical (unpaired) electrons. The highest BCUT2D eigenvalue weighted by Gasteiger charge is 2.18. The van der Waals surface area contributed by atoms with Crippen LogP contribution in [-0.2, 0) is 4.74 Å². The third-order valence-corrected chi connectivity index (χ3v) is 5.12. The molecule has 1 fully saturated rings. The molecular formula is C22H29FN4O3. The van der Waals surface area contributed by atoms with Crippen molar-refractivity contribution in [3.63, 3.8) is 0 Å². The van der Waals surface area contributed by atoms with E-state index < -0.39 is 0 Å². The number of ether oxygens (including phenoxy) is 2. The summed E-state index contributed by atoms with van der Waals surface area (Å²) in [5.41, 5.74) is 1.96. The molecule has 2 aromatic rings. The molecule has 8 heteroatoms. The zero-order valence-corrected chi connectivity index (χ0v) is 17.7. The van der Waals surface area contributed by atoms with Crippen LogP contribution in [0, 0.1) is 5.82 Å². The van der Waals surface area contributed by atoms with E-state index in [0.717, 1.165) is 11.3 Å². The van der Waals surface area contributed by atoms with Crippen molar-refractivity contribution < 1.29 is 18.7 Å². The Kier molecular flexibility index (Phi) is 7.48. The summed E-state index contributed by atoms with van der Waals surface area (Å²) < 4.78 is 25.1. The molecule has 0 aromatic heterocycles. The average molecular weight is 416 g/mol. The number of likely N-dealkylation sites (N-methyl/N-ethyl adjacent to an activating group) is 1. The van der Waals surface area contributed by atoms with Crippen LogP contribution in [0.3, 0.4) is 0 Å². The minimum Gasteiger partial charge on any atom is -0.497 e. The monoisotopic (exact) mass is 416 g/mol. The van der Waals surface area contributed by atoms with Crippen molar-refractivity contribution >= 4 is 17.4 Å². The normalized spacial score (nSPS) is 15.0. The maximum atomic E-state index is 14.5. The number of nitrogens with zero attached hydrogens (tertiary/aromatic N) is 2. The minimum atomic E-state index is -0.386. The van der Waals surface area contributed by atoms with Gasteiger partial charge in [0.1, 0.15) is 11.6 Å². The summed E-state index contributed by atoms with van der Waals surface area (Å²) >= 11 is 0. The van der Waals surface area contributed by atoms with Gasteiger partial charge in [0.05, 0.1) is 32.1 Å². The van der Waals surface area contributed by atoms with Crippen LogP contribution < -0.4 is 20.3 Å². The molecule has 0 bridgehead atoms. The van der Waals surface area contributed by atoms with Gasteiger partial charge in [-0.15, -0.1) is 0 Å². The molecule has 2 amide bonds. The van der Waals surface area contributed by atoms with Gasteiger partial charge in [-0.2, -0.15) is 0 Å². The minimum absolute atomic E-state index is 0.0358. The number of rotatable bonds is 7. The summed E-state index contributed by atoms with van der Waals surface area (Å²) in [6, 6.07) is 12.1. The predicted octanol–water partition coefficient (Wildman–Crippen LogP) is 3.10. The van der Waals surface area contributed by atoms with E-state index in [0.29, 0.717) is 44.2 Å². The Morgan fingerprint density at radius 1 is 1.23 bits per heavy atom. The molecule has 7 nitrogen and oxygen atoms in total. The van der Waals surface area contributed by atoms with Crippen LogP contribution in [0.25, 0.3) is 0 Å². The highest BCUT2D eigenvalue weighted by atomic mass is 19.1. The van der Waals surface area contributed by atoms with E-state index in [9.17, 15) is 9.18 Å². The van der Waals surface area contributed by atoms with Gasteiger partial charge in [0.15, 0.2) is 0 Å². The fourth-order valence-electron chi connectivity index (χ4n) is 3.46.